The number of amides is 1. The molecule has 1 amide bonds. The van der Waals surface area contributed by atoms with Gasteiger partial charge in [0.25, 0.3) is 5.91 Å². The molecule has 23 heavy (non-hydrogen) atoms. The van der Waals surface area contributed by atoms with E-state index in [1.807, 2.05) is 18.2 Å². The fourth-order valence-corrected chi connectivity index (χ4v) is 4.60. The Labute approximate surface area is 140 Å². The van der Waals surface area contributed by atoms with Gasteiger partial charge >= 0.3 is 0 Å². The summed E-state index contributed by atoms with van der Waals surface area (Å²) in [5.74, 6) is 1.47. The first-order chi connectivity index (χ1) is 11.1. The Morgan fingerprint density at radius 1 is 1.17 bits per heavy atom. The summed E-state index contributed by atoms with van der Waals surface area (Å²) in [6.45, 7) is 6.15. The van der Waals surface area contributed by atoms with Crippen molar-refractivity contribution in [3.63, 3.8) is 0 Å². The molecule has 126 valence electrons. The number of likely N-dealkylation sites (tertiary alicyclic amines) is 1. The van der Waals surface area contributed by atoms with Gasteiger partial charge in [0.15, 0.2) is 6.54 Å². The first kappa shape index (κ1) is 16.5. The van der Waals surface area contributed by atoms with Crippen LogP contribution in [0.25, 0.3) is 0 Å². The molecule has 2 N–H and O–H groups in total. The second-order valence-corrected chi connectivity index (χ2v) is 7.67. The lowest BCUT2D eigenvalue weighted by Gasteiger charge is -2.40. The van der Waals surface area contributed by atoms with E-state index in [1.165, 1.54) is 55.5 Å². The molecule has 1 aliphatic carbocycles. The summed E-state index contributed by atoms with van der Waals surface area (Å²) in [5.41, 5.74) is 2.22. The number of carbonyl (C=O) groups is 1. The molecule has 0 aromatic heterocycles. The topological polar surface area (TPSA) is 33.5 Å². The highest BCUT2D eigenvalue weighted by Crippen LogP contribution is 2.28. The van der Waals surface area contributed by atoms with E-state index in [2.05, 4.69) is 25.2 Å². The van der Waals surface area contributed by atoms with Gasteiger partial charge in [0.2, 0.25) is 0 Å². The fraction of sp³-hybridized carbons (Fsp3) is 0.650. The largest absolute Gasteiger partial charge is 0.324 e. The highest BCUT2D eigenvalue weighted by Gasteiger charge is 2.37. The standard InChI is InChI=1S/C20H30N2O/c1-15(2)17-10-4-5-11-18(17)21-20(23)14-22-13-7-9-16-8-3-6-12-19(16)22/h4-5,10-11,15-16,19H,3,6-9,12-14H2,1-2H3,(H,21,23)/p+1/t16-,19-/m0/s1. The van der Waals surface area contributed by atoms with Gasteiger partial charge < -0.3 is 10.2 Å². The highest BCUT2D eigenvalue weighted by molar-refractivity contribution is 5.92. The third-order valence-corrected chi connectivity index (χ3v) is 5.75. The average molecular weight is 315 g/mol. The summed E-state index contributed by atoms with van der Waals surface area (Å²) in [4.78, 5) is 14.1. The van der Waals surface area contributed by atoms with Crippen LogP contribution >= 0.6 is 0 Å². The quantitative estimate of drug-likeness (QED) is 0.880. The molecule has 0 bridgehead atoms. The minimum absolute atomic E-state index is 0.180. The fourth-order valence-electron chi connectivity index (χ4n) is 4.60. The maximum atomic E-state index is 12.6. The molecule has 3 nitrogen and oxygen atoms in total. The number of anilines is 1. The first-order valence-corrected chi connectivity index (χ1v) is 9.38. The third-order valence-electron chi connectivity index (χ3n) is 5.75. The minimum atomic E-state index is 0.180. The first-order valence-electron chi connectivity index (χ1n) is 9.38. The lowest BCUT2D eigenvalue weighted by atomic mass is 9.78. The van der Waals surface area contributed by atoms with E-state index in [9.17, 15) is 4.79 Å². The smallest absolute Gasteiger partial charge is 0.279 e. The number of para-hydroxylation sites is 1. The van der Waals surface area contributed by atoms with Crippen LogP contribution in [0.1, 0.15) is 63.9 Å². The molecule has 1 aliphatic heterocycles. The molecular weight excluding hydrogens is 284 g/mol. The van der Waals surface area contributed by atoms with E-state index in [1.54, 1.807) is 0 Å². The molecule has 2 aliphatic rings. The molecule has 1 saturated carbocycles. The van der Waals surface area contributed by atoms with Crippen molar-refractivity contribution in [2.45, 2.75) is 64.3 Å². The van der Waals surface area contributed by atoms with Gasteiger partial charge in [-0.1, -0.05) is 38.5 Å². The molecule has 1 aromatic carbocycles. The van der Waals surface area contributed by atoms with Gasteiger partial charge in [0, 0.05) is 11.6 Å². The summed E-state index contributed by atoms with van der Waals surface area (Å²) < 4.78 is 0. The Kier molecular flexibility index (Phi) is 5.37. The second kappa shape index (κ2) is 7.48. The summed E-state index contributed by atoms with van der Waals surface area (Å²) >= 11 is 0. The van der Waals surface area contributed by atoms with E-state index < -0.39 is 0 Å². The Balaban J connectivity index is 1.63. The van der Waals surface area contributed by atoms with Crippen LogP contribution in [0.3, 0.4) is 0 Å². The maximum absolute atomic E-state index is 12.6. The number of benzene rings is 1. The molecule has 1 aromatic rings. The molecule has 0 radical (unpaired) electrons. The number of carbonyl (C=O) groups excluding carboxylic acids is 1. The zero-order valence-corrected chi connectivity index (χ0v) is 14.6. The Bertz CT molecular complexity index is 538. The van der Waals surface area contributed by atoms with Crippen LogP contribution in [-0.2, 0) is 4.79 Å². The predicted octanol–water partition coefficient (Wildman–Crippen LogP) is 2.99. The van der Waals surface area contributed by atoms with Crippen molar-refractivity contribution in [1.29, 1.82) is 0 Å². The molecule has 1 saturated heterocycles. The maximum Gasteiger partial charge on any atom is 0.279 e. The van der Waals surface area contributed by atoms with Crippen LogP contribution in [-0.4, -0.2) is 25.0 Å². The molecule has 0 spiro atoms. The molecule has 3 atom stereocenters. The third kappa shape index (κ3) is 3.95. The van der Waals surface area contributed by atoms with Gasteiger partial charge in [0.05, 0.1) is 12.6 Å². The molecule has 1 heterocycles. The minimum Gasteiger partial charge on any atom is -0.324 e. The van der Waals surface area contributed by atoms with E-state index in [-0.39, 0.29) is 5.91 Å². The SMILES string of the molecule is CC(C)c1ccccc1NC(=O)C[NH+]1CCC[C@@H]2CCCC[C@@H]21. The van der Waals surface area contributed by atoms with Gasteiger partial charge in [-0.3, -0.25) is 4.79 Å². The lowest BCUT2D eigenvalue weighted by Crippen LogP contribution is -3.18. The van der Waals surface area contributed by atoms with Crippen LogP contribution in [0.4, 0.5) is 5.69 Å². The molecular formula is C20H31N2O+. The molecule has 3 rings (SSSR count). The van der Waals surface area contributed by atoms with Crippen LogP contribution in [0, 0.1) is 5.92 Å². The van der Waals surface area contributed by atoms with Gasteiger partial charge in [-0.05, 0) is 49.7 Å². The average Bonchev–Trinajstić information content (AvgIpc) is 2.55. The van der Waals surface area contributed by atoms with Crippen molar-refractivity contribution in [1.82, 2.24) is 0 Å². The number of fused-ring (bicyclic) bond motifs is 1. The number of rotatable bonds is 4. The molecule has 3 heteroatoms. The normalized spacial score (nSPS) is 27.5. The van der Waals surface area contributed by atoms with E-state index in [0.717, 1.165) is 17.6 Å². The summed E-state index contributed by atoms with van der Waals surface area (Å²) in [6, 6.07) is 8.93. The number of piperidine rings is 1. The molecule has 2 fully saturated rings. The number of nitrogens with one attached hydrogen (secondary N) is 2. The predicted molar refractivity (Wildman–Crippen MR) is 94.8 cm³/mol. The number of hydrogen-bond acceptors (Lipinski definition) is 1. The Morgan fingerprint density at radius 2 is 1.91 bits per heavy atom. The van der Waals surface area contributed by atoms with E-state index in [0.29, 0.717) is 12.5 Å². The van der Waals surface area contributed by atoms with Crippen LogP contribution < -0.4 is 10.2 Å². The number of hydrogen-bond donors (Lipinski definition) is 2. The summed E-state index contributed by atoms with van der Waals surface area (Å²) in [5, 5.41) is 3.17. The van der Waals surface area contributed by atoms with Crippen molar-refractivity contribution in [2.75, 3.05) is 18.4 Å². The summed E-state index contributed by atoms with van der Waals surface area (Å²) in [6.07, 6.45) is 8.10. The highest BCUT2D eigenvalue weighted by atomic mass is 16.2. The number of quaternary nitrogens is 1. The Hall–Kier alpha value is -1.35. The van der Waals surface area contributed by atoms with Crippen molar-refractivity contribution < 1.29 is 9.69 Å². The lowest BCUT2D eigenvalue weighted by molar-refractivity contribution is -0.928. The monoisotopic (exact) mass is 315 g/mol. The Morgan fingerprint density at radius 3 is 2.74 bits per heavy atom. The van der Waals surface area contributed by atoms with Crippen molar-refractivity contribution in [3.8, 4) is 0 Å². The van der Waals surface area contributed by atoms with E-state index in [4.69, 9.17) is 0 Å². The zero-order chi connectivity index (χ0) is 16.2. The summed E-state index contributed by atoms with van der Waals surface area (Å²) in [7, 11) is 0. The van der Waals surface area contributed by atoms with Gasteiger partial charge in [0.1, 0.15) is 0 Å². The van der Waals surface area contributed by atoms with Crippen molar-refractivity contribution in [3.05, 3.63) is 29.8 Å². The van der Waals surface area contributed by atoms with Crippen LogP contribution in [0.15, 0.2) is 24.3 Å². The van der Waals surface area contributed by atoms with Gasteiger partial charge in [-0.25, -0.2) is 0 Å². The zero-order valence-electron chi connectivity index (χ0n) is 14.6. The van der Waals surface area contributed by atoms with Gasteiger partial charge in [-0.2, -0.15) is 0 Å². The van der Waals surface area contributed by atoms with Crippen molar-refractivity contribution >= 4 is 11.6 Å². The van der Waals surface area contributed by atoms with Crippen LogP contribution in [0.5, 0.6) is 0 Å². The van der Waals surface area contributed by atoms with E-state index >= 15 is 0 Å². The van der Waals surface area contributed by atoms with Crippen LogP contribution in [0.2, 0.25) is 0 Å². The van der Waals surface area contributed by atoms with Gasteiger partial charge in [-0.15, -0.1) is 0 Å². The second-order valence-electron chi connectivity index (χ2n) is 7.67. The molecule has 1 unspecified atom stereocenters. The van der Waals surface area contributed by atoms with Crippen molar-refractivity contribution in [2.24, 2.45) is 5.92 Å².